The number of aliphatic hydroxyl groups excluding tert-OH is 1. The zero-order valence-electron chi connectivity index (χ0n) is 15.9. The molecule has 4 rings (SSSR count). The van der Waals surface area contributed by atoms with Crippen molar-refractivity contribution in [2.45, 2.75) is 71.8 Å². The molecule has 2 nitrogen and oxygen atoms in total. The Morgan fingerprint density at radius 1 is 1.24 bits per heavy atom. The average molecular weight is 341 g/mol. The van der Waals surface area contributed by atoms with Crippen LogP contribution in [0, 0.1) is 52.8 Å². The van der Waals surface area contributed by atoms with Gasteiger partial charge in [-0.2, -0.15) is 0 Å². The van der Waals surface area contributed by atoms with E-state index in [0.717, 1.165) is 44.9 Å². The predicted molar refractivity (Wildman–Crippen MR) is 99.6 cm³/mol. The van der Waals surface area contributed by atoms with Gasteiger partial charge in [-0.25, -0.2) is 0 Å². The van der Waals surface area contributed by atoms with Crippen LogP contribution < -0.4 is 0 Å². The number of fused-ring (bicyclic) bond motifs is 5. The molecule has 0 spiro atoms. The number of hydrogen-bond acceptors (Lipinski definition) is 2. The second-order valence-electron chi connectivity index (χ2n) is 9.60. The van der Waals surface area contributed by atoms with Crippen molar-refractivity contribution in [1.29, 1.82) is 0 Å². The third-order valence-electron chi connectivity index (χ3n) is 8.74. The molecule has 0 aromatic rings. The van der Waals surface area contributed by atoms with Gasteiger partial charge in [-0.1, -0.05) is 38.3 Å². The number of rotatable bonds is 1. The molecular weight excluding hydrogens is 308 g/mol. The highest BCUT2D eigenvalue weighted by molar-refractivity contribution is 5.89. The third kappa shape index (κ3) is 2.18. The summed E-state index contributed by atoms with van der Waals surface area (Å²) in [4.78, 5) is 13.0. The molecular formula is C23H32O2. The van der Waals surface area contributed by atoms with Crippen molar-refractivity contribution in [2.24, 2.45) is 40.4 Å². The summed E-state index contributed by atoms with van der Waals surface area (Å²) < 4.78 is 0. The standard InChI is InChI=1S/C23H32O2/c1-5-14-13-19-16-7-8-17-15(6-2)20(24)10-12-22(17,3)18(16)9-11-23(19,4)21(14)25/h2,8,14-16,18-20,24H,5,7,9-13H2,1,3-4H3/t14-,15+,16-,18+,19+,20+,22+,23+/m1/s1. The topological polar surface area (TPSA) is 37.3 Å². The molecule has 0 heterocycles. The van der Waals surface area contributed by atoms with Gasteiger partial charge in [-0.05, 0) is 68.1 Å². The maximum absolute atomic E-state index is 13.0. The Morgan fingerprint density at radius 2 is 1.96 bits per heavy atom. The number of terminal acetylenes is 1. The van der Waals surface area contributed by atoms with Crippen LogP contribution in [0.1, 0.15) is 65.7 Å². The largest absolute Gasteiger partial charge is 0.391 e. The Balaban J connectivity index is 1.71. The van der Waals surface area contributed by atoms with Crippen molar-refractivity contribution in [2.75, 3.05) is 0 Å². The Hall–Kier alpha value is -1.07. The van der Waals surface area contributed by atoms with Crippen molar-refractivity contribution in [3.63, 3.8) is 0 Å². The molecule has 4 aliphatic rings. The van der Waals surface area contributed by atoms with Crippen molar-refractivity contribution in [1.82, 2.24) is 0 Å². The van der Waals surface area contributed by atoms with Crippen LogP contribution in [0.3, 0.4) is 0 Å². The second-order valence-corrected chi connectivity index (χ2v) is 9.60. The summed E-state index contributed by atoms with van der Waals surface area (Å²) in [5, 5.41) is 10.4. The van der Waals surface area contributed by atoms with Crippen molar-refractivity contribution in [3.05, 3.63) is 11.6 Å². The molecule has 0 aromatic heterocycles. The van der Waals surface area contributed by atoms with Crippen molar-refractivity contribution in [3.8, 4) is 12.3 Å². The Morgan fingerprint density at radius 3 is 2.64 bits per heavy atom. The first-order chi connectivity index (χ1) is 11.9. The molecule has 0 radical (unpaired) electrons. The van der Waals surface area contributed by atoms with Crippen LogP contribution in [-0.2, 0) is 4.79 Å². The molecule has 1 N–H and O–H groups in total. The van der Waals surface area contributed by atoms with Gasteiger partial charge in [0.2, 0.25) is 0 Å². The van der Waals surface area contributed by atoms with E-state index in [1.165, 1.54) is 5.57 Å². The molecule has 0 saturated heterocycles. The van der Waals surface area contributed by atoms with E-state index < -0.39 is 0 Å². The molecule has 0 unspecified atom stereocenters. The molecule has 3 saturated carbocycles. The summed E-state index contributed by atoms with van der Waals surface area (Å²) in [5.41, 5.74) is 1.35. The fourth-order valence-electron chi connectivity index (χ4n) is 7.24. The van der Waals surface area contributed by atoms with Gasteiger partial charge in [0, 0.05) is 11.3 Å². The van der Waals surface area contributed by atoms with Crippen LogP contribution in [0.15, 0.2) is 11.6 Å². The van der Waals surface area contributed by atoms with Crippen molar-refractivity contribution >= 4 is 5.78 Å². The molecule has 0 aliphatic heterocycles. The first-order valence-electron chi connectivity index (χ1n) is 10.3. The maximum atomic E-state index is 13.0. The SMILES string of the molecule is C#C[C@H]1C2=CC[C@@H]3[C@H](CC[C@]4(C)C(=O)[C@H](CC)C[C@@H]34)[C@@]2(C)CC[C@@H]1O. The number of Topliss-reactive ketones (excluding diaryl/α,β-unsaturated/α-hetero) is 1. The molecule has 0 bridgehead atoms. The predicted octanol–water partition coefficient (Wildman–Crippen LogP) is 4.37. The third-order valence-corrected chi connectivity index (χ3v) is 8.74. The normalized spacial score (nSPS) is 51.8. The number of allylic oxidation sites excluding steroid dienone is 1. The highest BCUT2D eigenvalue weighted by atomic mass is 16.3. The van der Waals surface area contributed by atoms with Crippen LogP contribution >= 0.6 is 0 Å². The molecule has 4 aliphatic carbocycles. The van der Waals surface area contributed by atoms with E-state index in [-0.39, 0.29) is 28.8 Å². The monoisotopic (exact) mass is 340 g/mol. The number of carbonyl (C=O) groups is 1. The number of carbonyl (C=O) groups excluding carboxylic acids is 1. The van der Waals surface area contributed by atoms with E-state index in [2.05, 4.69) is 32.8 Å². The highest BCUT2D eigenvalue weighted by Gasteiger charge is 2.61. The van der Waals surface area contributed by atoms with E-state index in [1.807, 2.05) is 0 Å². The lowest BCUT2D eigenvalue weighted by atomic mass is 9.47. The minimum Gasteiger partial charge on any atom is -0.391 e. The summed E-state index contributed by atoms with van der Waals surface area (Å²) in [6, 6.07) is 0. The highest BCUT2D eigenvalue weighted by Crippen LogP contribution is 2.65. The smallest absolute Gasteiger partial charge is 0.142 e. The fraction of sp³-hybridized carbons (Fsp3) is 0.783. The minimum absolute atomic E-state index is 0.0940. The summed E-state index contributed by atoms with van der Waals surface area (Å²) >= 11 is 0. The summed E-state index contributed by atoms with van der Waals surface area (Å²) in [5.74, 6) is 5.36. The molecule has 0 aromatic carbocycles. The second kappa shape index (κ2) is 5.71. The molecule has 2 heteroatoms. The van der Waals surface area contributed by atoms with Gasteiger partial charge >= 0.3 is 0 Å². The number of aliphatic hydroxyl groups is 1. The average Bonchev–Trinajstić information content (AvgIpc) is 2.86. The van der Waals surface area contributed by atoms with Gasteiger partial charge in [-0.3, -0.25) is 4.79 Å². The minimum atomic E-state index is -0.382. The number of hydrogen-bond donors (Lipinski definition) is 1. The van der Waals surface area contributed by atoms with Gasteiger partial charge in [0.1, 0.15) is 5.78 Å². The van der Waals surface area contributed by atoms with Crippen LogP contribution in [0.25, 0.3) is 0 Å². The van der Waals surface area contributed by atoms with Gasteiger partial charge in [0.15, 0.2) is 0 Å². The lowest BCUT2D eigenvalue weighted by Gasteiger charge is -2.57. The summed E-state index contributed by atoms with van der Waals surface area (Å²) in [6.45, 7) is 6.81. The first-order valence-corrected chi connectivity index (χ1v) is 10.3. The van der Waals surface area contributed by atoms with E-state index >= 15 is 0 Å². The lowest BCUT2D eigenvalue weighted by molar-refractivity contribution is -0.134. The van der Waals surface area contributed by atoms with Gasteiger partial charge in [-0.15, -0.1) is 6.42 Å². The Bertz CT molecular complexity index is 655. The van der Waals surface area contributed by atoms with E-state index in [9.17, 15) is 9.90 Å². The van der Waals surface area contributed by atoms with Gasteiger partial charge in [0.25, 0.3) is 0 Å². The van der Waals surface area contributed by atoms with Gasteiger partial charge in [0.05, 0.1) is 12.0 Å². The van der Waals surface area contributed by atoms with Crippen LogP contribution in [-0.4, -0.2) is 17.0 Å². The van der Waals surface area contributed by atoms with E-state index in [0.29, 0.717) is 23.5 Å². The van der Waals surface area contributed by atoms with Crippen molar-refractivity contribution < 1.29 is 9.90 Å². The number of ketones is 1. The Kier molecular flexibility index (Phi) is 3.97. The van der Waals surface area contributed by atoms with Crippen LogP contribution in [0.2, 0.25) is 0 Å². The summed E-state index contributed by atoms with van der Waals surface area (Å²) in [7, 11) is 0. The molecule has 3 fully saturated rings. The van der Waals surface area contributed by atoms with E-state index in [4.69, 9.17) is 6.42 Å². The van der Waals surface area contributed by atoms with Crippen LogP contribution in [0.5, 0.6) is 0 Å². The Labute approximate surface area is 152 Å². The van der Waals surface area contributed by atoms with E-state index in [1.54, 1.807) is 0 Å². The zero-order valence-corrected chi connectivity index (χ0v) is 15.9. The fourth-order valence-corrected chi connectivity index (χ4v) is 7.24. The molecule has 25 heavy (non-hydrogen) atoms. The van der Waals surface area contributed by atoms with Crippen LogP contribution in [0.4, 0.5) is 0 Å². The molecule has 136 valence electrons. The first kappa shape index (κ1) is 17.3. The zero-order chi connectivity index (χ0) is 18.0. The van der Waals surface area contributed by atoms with Gasteiger partial charge < -0.3 is 5.11 Å². The quantitative estimate of drug-likeness (QED) is 0.568. The molecule has 0 amide bonds. The molecule has 8 atom stereocenters. The summed E-state index contributed by atoms with van der Waals surface area (Å²) in [6.07, 6.45) is 14.9. The lowest BCUT2D eigenvalue weighted by Crippen LogP contribution is -2.52. The maximum Gasteiger partial charge on any atom is 0.142 e.